The van der Waals surface area contributed by atoms with Crippen molar-refractivity contribution in [1.82, 2.24) is 4.90 Å². The van der Waals surface area contributed by atoms with Gasteiger partial charge in [0.1, 0.15) is 0 Å². The van der Waals surface area contributed by atoms with Gasteiger partial charge in [-0.25, -0.2) is 0 Å². The Kier molecular flexibility index (Phi) is 6.41. The van der Waals surface area contributed by atoms with Gasteiger partial charge in [0.15, 0.2) is 5.78 Å². The maximum Gasteiger partial charge on any atom is 0.416 e. The first-order chi connectivity index (χ1) is 8.66. The Labute approximate surface area is 118 Å². The van der Waals surface area contributed by atoms with E-state index < -0.39 is 17.8 Å². The summed E-state index contributed by atoms with van der Waals surface area (Å²) in [4.78, 5) is 13.7. The fourth-order valence-corrected chi connectivity index (χ4v) is 2.00. The van der Waals surface area contributed by atoms with Gasteiger partial charge in [-0.05, 0) is 25.7 Å². The molecule has 1 aromatic rings. The van der Waals surface area contributed by atoms with Gasteiger partial charge in [0.05, 0.1) is 11.6 Å². The van der Waals surface area contributed by atoms with E-state index in [0.29, 0.717) is 0 Å². The van der Waals surface area contributed by atoms with Crippen molar-refractivity contribution in [2.24, 2.45) is 5.92 Å². The van der Waals surface area contributed by atoms with Gasteiger partial charge in [-0.1, -0.05) is 39.5 Å². The number of alkyl halides is 3. The van der Waals surface area contributed by atoms with Crippen molar-refractivity contribution in [3.05, 3.63) is 35.4 Å². The van der Waals surface area contributed by atoms with E-state index >= 15 is 0 Å². The van der Waals surface area contributed by atoms with E-state index in [-0.39, 0.29) is 24.7 Å². The van der Waals surface area contributed by atoms with Crippen LogP contribution in [-0.4, -0.2) is 24.8 Å². The molecule has 114 valence electrons. The van der Waals surface area contributed by atoms with Crippen LogP contribution >= 0.6 is 0 Å². The number of hydrogen-bond acceptors (Lipinski definition) is 2. The summed E-state index contributed by atoms with van der Waals surface area (Å²) in [5, 5.41) is 0. The number of likely N-dealkylation sites (N-methyl/N-ethyl adjacent to an activating group) is 1. The molecule has 0 fully saturated rings. The molecule has 0 aromatic heterocycles. The number of benzene rings is 1. The Balaban J connectivity index is 0.00000361. The molecule has 0 aliphatic rings. The Morgan fingerprint density at radius 2 is 1.65 bits per heavy atom. The van der Waals surface area contributed by atoms with Gasteiger partial charge >= 0.3 is 6.18 Å². The SMILES string of the molecule is C.CC(C)C(=O)C(c1ccccc1C(F)(F)F)N(C)C. The first-order valence-electron chi connectivity index (χ1n) is 6.02. The number of nitrogens with zero attached hydrogens (tertiary/aromatic N) is 1. The highest BCUT2D eigenvalue weighted by Gasteiger charge is 2.37. The van der Waals surface area contributed by atoms with Crippen LogP contribution in [0.5, 0.6) is 0 Å². The van der Waals surface area contributed by atoms with E-state index in [1.165, 1.54) is 23.1 Å². The minimum absolute atomic E-state index is 0. The van der Waals surface area contributed by atoms with Crippen molar-refractivity contribution < 1.29 is 18.0 Å². The minimum atomic E-state index is -4.46. The van der Waals surface area contributed by atoms with Gasteiger partial charge < -0.3 is 0 Å². The molecule has 1 aromatic carbocycles. The number of rotatable bonds is 4. The Hall–Kier alpha value is -1.36. The van der Waals surface area contributed by atoms with Crippen LogP contribution in [-0.2, 0) is 11.0 Å². The number of ketones is 1. The zero-order valence-electron chi connectivity index (χ0n) is 11.5. The van der Waals surface area contributed by atoms with Gasteiger partial charge in [-0.3, -0.25) is 9.69 Å². The van der Waals surface area contributed by atoms with E-state index in [9.17, 15) is 18.0 Å². The highest BCUT2D eigenvalue weighted by molar-refractivity contribution is 5.87. The van der Waals surface area contributed by atoms with Crippen LogP contribution in [0.4, 0.5) is 13.2 Å². The summed E-state index contributed by atoms with van der Waals surface area (Å²) in [5.41, 5.74) is -0.735. The van der Waals surface area contributed by atoms with Crippen LogP contribution in [0, 0.1) is 5.92 Å². The topological polar surface area (TPSA) is 20.3 Å². The average Bonchev–Trinajstić information content (AvgIpc) is 2.27. The molecule has 0 saturated heterocycles. The third kappa shape index (κ3) is 4.07. The molecule has 0 aliphatic carbocycles. The zero-order chi connectivity index (χ0) is 14.8. The lowest BCUT2D eigenvalue weighted by molar-refractivity contribution is -0.139. The van der Waals surface area contributed by atoms with Gasteiger partial charge in [-0.2, -0.15) is 13.2 Å². The van der Waals surface area contributed by atoms with Crippen LogP contribution in [0.3, 0.4) is 0 Å². The number of carbonyl (C=O) groups is 1. The lowest BCUT2D eigenvalue weighted by Gasteiger charge is -2.27. The molecule has 0 aliphatic heterocycles. The molecule has 0 saturated carbocycles. The lowest BCUT2D eigenvalue weighted by Crippen LogP contribution is -2.32. The molecule has 0 spiro atoms. The summed E-state index contributed by atoms with van der Waals surface area (Å²) in [5.74, 6) is -0.546. The first kappa shape index (κ1) is 18.6. The molecule has 0 N–H and O–H groups in total. The van der Waals surface area contributed by atoms with Crippen LogP contribution in [0.25, 0.3) is 0 Å². The van der Waals surface area contributed by atoms with Crippen molar-refractivity contribution >= 4 is 5.78 Å². The van der Waals surface area contributed by atoms with Crippen molar-refractivity contribution in [1.29, 1.82) is 0 Å². The van der Waals surface area contributed by atoms with Crippen molar-refractivity contribution in [2.45, 2.75) is 33.5 Å². The minimum Gasteiger partial charge on any atom is -0.297 e. The average molecular weight is 289 g/mol. The number of hydrogen-bond donors (Lipinski definition) is 0. The van der Waals surface area contributed by atoms with Crippen molar-refractivity contribution in [3.63, 3.8) is 0 Å². The summed E-state index contributed by atoms with van der Waals surface area (Å²) in [6, 6.07) is 4.36. The molecule has 5 heteroatoms. The summed E-state index contributed by atoms with van der Waals surface area (Å²) in [7, 11) is 3.22. The third-order valence-corrected chi connectivity index (χ3v) is 2.92. The number of carbonyl (C=O) groups excluding carboxylic acids is 1. The molecule has 0 bridgehead atoms. The molecular formula is C15H22F3NO. The molecule has 1 unspecified atom stereocenters. The predicted molar refractivity (Wildman–Crippen MR) is 74.4 cm³/mol. The normalized spacial score (nSPS) is 13.2. The standard InChI is InChI=1S/C14H18F3NO.CH4/c1-9(2)13(19)12(18(3)4)10-7-5-6-8-11(10)14(15,16)17;/h5-9,12H,1-4H3;1H4. The third-order valence-electron chi connectivity index (χ3n) is 2.92. The molecule has 2 nitrogen and oxygen atoms in total. The second kappa shape index (κ2) is 6.88. The second-order valence-electron chi connectivity index (χ2n) is 5.01. The molecule has 0 amide bonds. The molecule has 1 rings (SSSR count). The fourth-order valence-electron chi connectivity index (χ4n) is 2.00. The zero-order valence-corrected chi connectivity index (χ0v) is 11.5. The van der Waals surface area contributed by atoms with Gasteiger partial charge in [-0.15, -0.1) is 0 Å². The van der Waals surface area contributed by atoms with Crippen LogP contribution in [0.2, 0.25) is 0 Å². The van der Waals surface area contributed by atoms with E-state index in [4.69, 9.17) is 0 Å². The summed E-state index contributed by atoms with van der Waals surface area (Å²) >= 11 is 0. The maximum atomic E-state index is 13.0. The van der Waals surface area contributed by atoms with Gasteiger partial charge in [0.25, 0.3) is 0 Å². The number of halogens is 3. The smallest absolute Gasteiger partial charge is 0.297 e. The Morgan fingerprint density at radius 3 is 2.05 bits per heavy atom. The van der Waals surface area contributed by atoms with E-state index in [0.717, 1.165) is 6.07 Å². The van der Waals surface area contributed by atoms with Crippen molar-refractivity contribution in [3.8, 4) is 0 Å². The Morgan fingerprint density at radius 1 is 1.15 bits per heavy atom. The van der Waals surface area contributed by atoms with Gasteiger partial charge in [0, 0.05) is 5.92 Å². The van der Waals surface area contributed by atoms with E-state index in [2.05, 4.69) is 0 Å². The molecule has 0 heterocycles. The van der Waals surface area contributed by atoms with Crippen LogP contribution in [0.1, 0.15) is 38.4 Å². The highest BCUT2D eigenvalue weighted by Crippen LogP contribution is 2.36. The second-order valence-corrected chi connectivity index (χ2v) is 5.01. The molecule has 0 radical (unpaired) electrons. The largest absolute Gasteiger partial charge is 0.416 e. The monoisotopic (exact) mass is 289 g/mol. The highest BCUT2D eigenvalue weighted by atomic mass is 19.4. The van der Waals surface area contributed by atoms with Crippen molar-refractivity contribution in [2.75, 3.05) is 14.1 Å². The molecular weight excluding hydrogens is 267 g/mol. The number of Topliss-reactive ketones (excluding diaryl/α,β-unsaturated/α-hetero) is 1. The fraction of sp³-hybridized carbons (Fsp3) is 0.533. The summed E-state index contributed by atoms with van der Waals surface area (Å²) in [6.07, 6.45) is -4.46. The Bertz CT molecular complexity index is 453. The molecule has 20 heavy (non-hydrogen) atoms. The van der Waals surface area contributed by atoms with Crippen LogP contribution < -0.4 is 0 Å². The maximum absolute atomic E-state index is 13.0. The molecule has 1 atom stereocenters. The summed E-state index contributed by atoms with van der Waals surface area (Å²) < 4.78 is 39.0. The van der Waals surface area contributed by atoms with Crippen LogP contribution in [0.15, 0.2) is 24.3 Å². The quantitative estimate of drug-likeness (QED) is 0.829. The predicted octanol–water partition coefficient (Wildman–Crippen LogP) is 4.17. The van der Waals surface area contributed by atoms with Gasteiger partial charge in [0.2, 0.25) is 0 Å². The van der Waals surface area contributed by atoms with E-state index in [1.807, 2.05) is 0 Å². The summed E-state index contributed by atoms with van der Waals surface area (Å²) in [6.45, 7) is 3.38. The first-order valence-corrected chi connectivity index (χ1v) is 6.02. The lowest BCUT2D eigenvalue weighted by atomic mass is 9.91. The van der Waals surface area contributed by atoms with E-state index in [1.54, 1.807) is 27.9 Å².